The Hall–Kier alpha value is -0.920. The Balaban J connectivity index is 2.29. The molecule has 0 spiro atoms. The summed E-state index contributed by atoms with van der Waals surface area (Å²) in [7, 11) is 0. The van der Waals surface area contributed by atoms with Crippen LogP contribution in [0.4, 0.5) is 11.5 Å². The van der Waals surface area contributed by atoms with Crippen molar-refractivity contribution in [2.45, 2.75) is 6.92 Å². The lowest BCUT2D eigenvalue weighted by Crippen LogP contribution is -2.16. The number of aromatic nitrogens is 1. The molecule has 4 nitrogen and oxygen atoms in total. The van der Waals surface area contributed by atoms with Crippen LogP contribution in [0.25, 0.3) is 0 Å². The fourth-order valence-electron chi connectivity index (χ4n) is 1.70. The van der Waals surface area contributed by atoms with Gasteiger partial charge in [-0.15, -0.1) is 0 Å². The fourth-order valence-corrected chi connectivity index (χ4v) is 3.18. The van der Waals surface area contributed by atoms with Crippen LogP contribution in [0.15, 0.2) is 43.9 Å². The molecule has 0 atom stereocenters. The number of benzene rings is 1. The molecule has 1 aromatic carbocycles. The van der Waals surface area contributed by atoms with Crippen molar-refractivity contribution in [2.75, 3.05) is 17.2 Å². The van der Waals surface area contributed by atoms with Gasteiger partial charge in [-0.1, -0.05) is 15.9 Å². The molecule has 0 aliphatic heterocycles. The van der Waals surface area contributed by atoms with Gasteiger partial charge >= 0.3 is 0 Å². The maximum Gasteiger partial charge on any atom is 0.259 e. The predicted molar refractivity (Wildman–Crippen MR) is 95.9 cm³/mol. The van der Waals surface area contributed by atoms with Gasteiger partial charge in [0.15, 0.2) is 0 Å². The zero-order valence-electron chi connectivity index (χ0n) is 11.1. The average molecular weight is 478 g/mol. The molecule has 1 aromatic heterocycles. The minimum atomic E-state index is -0.220. The highest BCUT2D eigenvalue weighted by atomic mass is 79.9. The van der Waals surface area contributed by atoms with Crippen molar-refractivity contribution in [3.05, 3.63) is 49.4 Å². The van der Waals surface area contributed by atoms with Crippen molar-refractivity contribution < 1.29 is 4.79 Å². The maximum absolute atomic E-state index is 12.5. The lowest BCUT2D eigenvalue weighted by Gasteiger charge is -2.12. The van der Waals surface area contributed by atoms with E-state index in [1.165, 1.54) is 0 Å². The van der Waals surface area contributed by atoms with Crippen LogP contribution in [0.2, 0.25) is 0 Å². The molecule has 0 radical (unpaired) electrons. The highest BCUT2D eigenvalue weighted by Gasteiger charge is 2.14. The van der Waals surface area contributed by atoms with E-state index in [-0.39, 0.29) is 5.91 Å². The second kappa shape index (κ2) is 7.38. The second-order valence-corrected chi connectivity index (χ2v) is 6.84. The van der Waals surface area contributed by atoms with Gasteiger partial charge < -0.3 is 10.6 Å². The largest absolute Gasteiger partial charge is 0.370 e. The summed E-state index contributed by atoms with van der Waals surface area (Å²) in [6.45, 7) is 2.65. The van der Waals surface area contributed by atoms with Gasteiger partial charge in [0.25, 0.3) is 5.91 Å². The lowest BCUT2D eigenvalue weighted by atomic mass is 10.2. The summed E-state index contributed by atoms with van der Waals surface area (Å²) in [5.41, 5.74) is 1.19. The number of nitrogens with one attached hydrogen (secondary N) is 2. The van der Waals surface area contributed by atoms with E-state index in [1.54, 1.807) is 12.3 Å². The van der Waals surface area contributed by atoms with E-state index in [2.05, 4.69) is 63.4 Å². The quantitative estimate of drug-likeness (QED) is 0.647. The molecule has 0 aliphatic rings. The van der Waals surface area contributed by atoms with Crippen molar-refractivity contribution in [2.24, 2.45) is 0 Å². The number of hydrogen-bond acceptors (Lipinski definition) is 3. The molecular weight excluding hydrogens is 466 g/mol. The van der Waals surface area contributed by atoms with E-state index in [0.717, 1.165) is 13.4 Å². The van der Waals surface area contributed by atoms with Gasteiger partial charge in [-0.3, -0.25) is 4.79 Å². The first-order chi connectivity index (χ1) is 10.0. The van der Waals surface area contributed by atoms with E-state index >= 15 is 0 Å². The zero-order valence-corrected chi connectivity index (χ0v) is 15.8. The summed E-state index contributed by atoms with van der Waals surface area (Å²) in [6.07, 6.45) is 1.66. The molecule has 0 saturated heterocycles. The van der Waals surface area contributed by atoms with Gasteiger partial charge in [0.05, 0.1) is 11.3 Å². The normalized spacial score (nSPS) is 10.3. The van der Waals surface area contributed by atoms with Crippen molar-refractivity contribution >= 4 is 65.2 Å². The Labute approximate surface area is 148 Å². The molecule has 0 bridgehead atoms. The number of anilines is 2. The second-order valence-electron chi connectivity index (χ2n) is 4.16. The third-order valence-electron chi connectivity index (χ3n) is 2.62. The number of carbonyl (C=O) groups is 1. The monoisotopic (exact) mass is 475 g/mol. The summed E-state index contributed by atoms with van der Waals surface area (Å²) in [6, 6.07) is 7.31. The molecule has 110 valence electrons. The summed E-state index contributed by atoms with van der Waals surface area (Å²) in [4.78, 5) is 16.7. The first-order valence-corrected chi connectivity index (χ1v) is 8.55. The summed E-state index contributed by atoms with van der Waals surface area (Å²) >= 11 is 10.1. The number of carbonyl (C=O) groups excluding carboxylic acids is 1. The fraction of sp³-hybridized carbons (Fsp3) is 0.143. The molecule has 2 rings (SSSR count). The van der Waals surface area contributed by atoms with Crippen LogP contribution < -0.4 is 10.6 Å². The maximum atomic E-state index is 12.5. The average Bonchev–Trinajstić information content (AvgIpc) is 2.44. The van der Waals surface area contributed by atoms with E-state index < -0.39 is 0 Å². The van der Waals surface area contributed by atoms with Gasteiger partial charge in [-0.2, -0.15) is 0 Å². The molecule has 2 aromatic rings. The molecule has 1 amide bonds. The number of hydrogen-bond donors (Lipinski definition) is 2. The SMILES string of the molecule is CCNc1ncc(Br)cc1C(=O)Nc1ccc(Br)cc1Br. The van der Waals surface area contributed by atoms with Crippen LogP contribution in [-0.2, 0) is 0 Å². The van der Waals surface area contributed by atoms with Crippen molar-refractivity contribution in [1.82, 2.24) is 4.98 Å². The van der Waals surface area contributed by atoms with Crippen LogP contribution in [0.1, 0.15) is 17.3 Å². The van der Waals surface area contributed by atoms with Crippen LogP contribution in [-0.4, -0.2) is 17.4 Å². The highest BCUT2D eigenvalue weighted by molar-refractivity contribution is 9.11. The predicted octanol–water partition coefficient (Wildman–Crippen LogP) is 5.05. The van der Waals surface area contributed by atoms with Gasteiger partial charge in [0.1, 0.15) is 5.82 Å². The van der Waals surface area contributed by atoms with Crippen LogP contribution in [0.5, 0.6) is 0 Å². The Morgan fingerprint density at radius 1 is 1.19 bits per heavy atom. The van der Waals surface area contributed by atoms with Crippen molar-refractivity contribution in [3.63, 3.8) is 0 Å². The first kappa shape index (κ1) is 16.5. The Morgan fingerprint density at radius 2 is 1.95 bits per heavy atom. The standard InChI is InChI=1S/C14H12Br3N3O/c1-2-18-13-10(5-9(16)7-19-13)14(21)20-12-4-3-8(15)6-11(12)17/h3-7H,2H2,1H3,(H,18,19)(H,20,21). The minimum absolute atomic E-state index is 0.220. The third kappa shape index (κ3) is 4.28. The number of amides is 1. The van der Waals surface area contributed by atoms with E-state index in [9.17, 15) is 4.79 Å². The Bertz CT molecular complexity index is 677. The molecule has 0 saturated carbocycles. The Kier molecular flexibility index (Phi) is 5.78. The highest BCUT2D eigenvalue weighted by Crippen LogP contribution is 2.27. The summed E-state index contributed by atoms with van der Waals surface area (Å²) in [5.74, 6) is 0.342. The molecule has 21 heavy (non-hydrogen) atoms. The van der Waals surface area contributed by atoms with Crippen LogP contribution in [0, 0.1) is 0 Å². The molecule has 0 aliphatic carbocycles. The molecule has 2 N–H and O–H groups in total. The number of rotatable bonds is 4. The van der Waals surface area contributed by atoms with E-state index in [1.807, 2.05) is 25.1 Å². The number of nitrogens with zero attached hydrogens (tertiary/aromatic N) is 1. The first-order valence-electron chi connectivity index (χ1n) is 6.17. The van der Waals surface area contributed by atoms with Gasteiger partial charge in [0, 0.05) is 26.2 Å². The smallest absolute Gasteiger partial charge is 0.259 e. The molecule has 7 heteroatoms. The third-order valence-corrected chi connectivity index (χ3v) is 4.21. The Morgan fingerprint density at radius 3 is 2.62 bits per heavy atom. The minimum Gasteiger partial charge on any atom is -0.370 e. The number of halogens is 3. The van der Waals surface area contributed by atoms with Gasteiger partial charge in [-0.05, 0) is 63.0 Å². The summed E-state index contributed by atoms with van der Waals surface area (Å²) < 4.78 is 2.49. The molecule has 1 heterocycles. The lowest BCUT2D eigenvalue weighted by molar-refractivity contribution is 0.102. The van der Waals surface area contributed by atoms with Crippen LogP contribution in [0.3, 0.4) is 0 Å². The summed E-state index contributed by atoms with van der Waals surface area (Å²) in [5, 5.41) is 5.95. The number of pyridine rings is 1. The molecule has 0 fully saturated rings. The zero-order chi connectivity index (χ0) is 15.4. The van der Waals surface area contributed by atoms with Crippen molar-refractivity contribution in [3.8, 4) is 0 Å². The van der Waals surface area contributed by atoms with E-state index in [0.29, 0.717) is 23.6 Å². The van der Waals surface area contributed by atoms with Crippen LogP contribution >= 0.6 is 47.8 Å². The van der Waals surface area contributed by atoms with E-state index in [4.69, 9.17) is 0 Å². The van der Waals surface area contributed by atoms with Gasteiger partial charge in [0.2, 0.25) is 0 Å². The topological polar surface area (TPSA) is 54.0 Å². The van der Waals surface area contributed by atoms with Gasteiger partial charge in [-0.25, -0.2) is 4.98 Å². The molecular formula is C14H12Br3N3O. The van der Waals surface area contributed by atoms with Crippen molar-refractivity contribution in [1.29, 1.82) is 0 Å². The molecule has 0 unspecified atom stereocenters.